The highest BCUT2D eigenvalue weighted by Crippen LogP contribution is 2.12. The number of hydrogen-bond acceptors (Lipinski definition) is 3. The third-order valence-corrected chi connectivity index (χ3v) is 2.89. The lowest BCUT2D eigenvalue weighted by atomic mass is 10.1. The molecular formula is C13H23NO2. The van der Waals surface area contributed by atoms with Gasteiger partial charge < -0.3 is 9.64 Å². The van der Waals surface area contributed by atoms with Gasteiger partial charge in [0.25, 0.3) is 0 Å². The van der Waals surface area contributed by atoms with Crippen LogP contribution in [0.3, 0.4) is 0 Å². The first-order chi connectivity index (χ1) is 7.74. The summed E-state index contributed by atoms with van der Waals surface area (Å²) in [5.74, 6) is 0.211. The molecular weight excluding hydrogens is 202 g/mol. The van der Waals surface area contributed by atoms with Gasteiger partial charge in [-0.1, -0.05) is 19.8 Å². The van der Waals surface area contributed by atoms with E-state index >= 15 is 0 Å². The molecule has 16 heavy (non-hydrogen) atoms. The fourth-order valence-corrected chi connectivity index (χ4v) is 1.82. The number of nitrogens with zero attached hydrogens (tertiary/aromatic N) is 1. The maximum Gasteiger partial charge on any atom is 0.157 e. The van der Waals surface area contributed by atoms with Crippen molar-refractivity contribution in [3.05, 3.63) is 11.8 Å². The van der Waals surface area contributed by atoms with Crippen LogP contribution in [0.25, 0.3) is 0 Å². The summed E-state index contributed by atoms with van der Waals surface area (Å²) in [6, 6.07) is 0. The fourth-order valence-electron chi connectivity index (χ4n) is 1.82. The van der Waals surface area contributed by atoms with E-state index < -0.39 is 0 Å². The molecule has 0 atom stereocenters. The average Bonchev–Trinajstić information content (AvgIpc) is 2.29. The Hall–Kier alpha value is -0.830. The molecule has 0 aromatic rings. The van der Waals surface area contributed by atoms with E-state index in [1.807, 2.05) is 6.20 Å². The largest absolute Gasteiger partial charge is 0.378 e. The number of allylic oxidation sites excluding steroid dienone is 1. The molecule has 1 rings (SSSR count). The van der Waals surface area contributed by atoms with Crippen molar-refractivity contribution in [2.24, 2.45) is 0 Å². The molecule has 0 N–H and O–H groups in total. The zero-order chi connectivity index (χ0) is 11.8. The highest BCUT2D eigenvalue weighted by molar-refractivity contribution is 5.93. The summed E-state index contributed by atoms with van der Waals surface area (Å²) in [5.41, 5.74) is 0.968. The Morgan fingerprint density at radius 2 is 2.00 bits per heavy atom. The van der Waals surface area contributed by atoms with E-state index in [9.17, 15) is 4.79 Å². The lowest BCUT2D eigenvalue weighted by Gasteiger charge is -2.26. The molecule has 3 nitrogen and oxygen atoms in total. The topological polar surface area (TPSA) is 29.5 Å². The van der Waals surface area contributed by atoms with Crippen LogP contribution < -0.4 is 0 Å². The zero-order valence-electron chi connectivity index (χ0n) is 10.5. The molecule has 0 aliphatic carbocycles. The predicted molar refractivity (Wildman–Crippen MR) is 65.3 cm³/mol. The third kappa shape index (κ3) is 4.79. The van der Waals surface area contributed by atoms with Gasteiger partial charge in [-0.25, -0.2) is 0 Å². The molecule has 1 heterocycles. The SMILES string of the molecule is CCCCCC(=CN1CCOCC1)C(C)=O. The molecule has 0 amide bonds. The molecule has 0 aromatic carbocycles. The van der Waals surface area contributed by atoms with Crippen LogP contribution in [-0.2, 0) is 9.53 Å². The number of carbonyl (C=O) groups excluding carboxylic acids is 1. The molecule has 1 aliphatic rings. The first-order valence-corrected chi connectivity index (χ1v) is 6.27. The molecule has 0 radical (unpaired) electrons. The van der Waals surface area contributed by atoms with Crippen LogP contribution in [0.15, 0.2) is 11.8 Å². The Kier molecular flexibility index (Phi) is 6.16. The van der Waals surface area contributed by atoms with Crippen LogP contribution in [0, 0.1) is 0 Å². The number of carbonyl (C=O) groups is 1. The highest BCUT2D eigenvalue weighted by Gasteiger charge is 2.10. The minimum Gasteiger partial charge on any atom is -0.378 e. The maximum absolute atomic E-state index is 11.5. The van der Waals surface area contributed by atoms with Crippen LogP contribution >= 0.6 is 0 Å². The van der Waals surface area contributed by atoms with E-state index in [4.69, 9.17) is 4.74 Å². The first-order valence-electron chi connectivity index (χ1n) is 6.27. The summed E-state index contributed by atoms with van der Waals surface area (Å²) in [6.45, 7) is 7.21. The highest BCUT2D eigenvalue weighted by atomic mass is 16.5. The number of morpholine rings is 1. The second kappa shape index (κ2) is 7.44. The normalized spacial score (nSPS) is 17.6. The number of ether oxygens (including phenoxy) is 1. The van der Waals surface area contributed by atoms with E-state index in [2.05, 4.69) is 11.8 Å². The molecule has 0 aromatic heterocycles. The Morgan fingerprint density at radius 3 is 2.56 bits per heavy atom. The van der Waals surface area contributed by atoms with Crippen LogP contribution in [-0.4, -0.2) is 37.0 Å². The minimum atomic E-state index is 0.211. The van der Waals surface area contributed by atoms with Crippen molar-refractivity contribution in [1.29, 1.82) is 0 Å². The number of Topliss-reactive ketones (excluding diaryl/α,β-unsaturated/α-hetero) is 1. The lowest BCUT2D eigenvalue weighted by molar-refractivity contribution is -0.113. The molecule has 0 spiro atoms. The van der Waals surface area contributed by atoms with E-state index in [1.165, 1.54) is 12.8 Å². The Bertz CT molecular complexity index is 242. The Morgan fingerprint density at radius 1 is 1.31 bits per heavy atom. The van der Waals surface area contributed by atoms with Gasteiger partial charge in [-0.05, 0) is 19.8 Å². The second-order valence-corrected chi connectivity index (χ2v) is 4.32. The van der Waals surface area contributed by atoms with Gasteiger partial charge in [0, 0.05) is 24.9 Å². The summed E-state index contributed by atoms with van der Waals surface area (Å²) < 4.78 is 5.28. The monoisotopic (exact) mass is 225 g/mol. The van der Waals surface area contributed by atoms with Crippen molar-refractivity contribution in [3.63, 3.8) is 0 Å². The second-order valence-electron chi connectivity index (χ2n) is 4.32. The molecule has 1 saturated heterocycles. The van der Waals surface area contributed by atoms with Crippen molar-refractivity contribution in [2.45, 2.75) is 39.5 Å². The molecule has 1 aliphatic heterocycles. The molecule has 3 heteroatoms. The summed E-state index contributed by atoms with van der Waals surface area (Å²) >= 11 is 0. The maximum atomic E-state index is 11.5. The van der Waals surface area contributed by atoms with Gasteiger partial charge in [0.2, 0.25) is 0 Å². The van der Waals surface area contributed by atoms with Crippen molar-refractivity contribution >= 4 is 5.78 Å². The van der Waals surface area contributed by atoms with Gasteiger partial charge in [-0.15, -0.1) is 0 Å². The Balaban J connectivity index is 2.46. The van der Waals surface area contributed by atoms with Crippen molar-refractivity contribution < 1.29 is 9.53 Å². The van der Waals surface area contributed by atoms with Crippen LogP contribution in [0.5, 0.6) is 0 Å². The first kappa shape index (κ1) is 13.2. The van der Waals surface area contributed by atoms with E-state index in [1.54, 1.807) is 6.92 Å². The van der Waals surface area contributed by atoms with Crippen LogP contribution in [0.2, 0.25) is 0 Å². The summed E-state index contributed by atoms with van der Waals surface area (Å²) in [6.07, 6.45) is 6.48. The molecule has 0 saturated carbocycles. The van der Waals surface area contributed by atoms with Gasteiger partial charge in [0.15, 0.2) is 5.78 Å². The Labute approximate surface area is 98.5 Å². The molecule has 92 valence electrons. The van der Waals surface area contributed by atoms with Gasteiger partial charge in [-0.3, -0.25) is 4.79 Å². The van der Waals surface area contributed by atoms with Crippen molar-refractivity contribution in [3.8, 4) is 0 Å². The average molecular weight is 225 g/mol. The minimum absolute atomic E-state index is 0.211. The van der Waals surface area contributed by atoms with Crippen LogP contribution in [0.4, 0.5) is 0 Å². The number of hydrogen-bond donors (Lipinski definition) is 0. The molecule has 1 fully saturated rings. The number of ketones is 1. The van der Waals surface area contributed by atoms with Crippen molar-refractivity contribution in [2.75, 3.05) is 26.3 Å². The molecule has 0 unspecified atom stereocenters. The number of unbranched alkanes of at least 4 members (excludes halogenated alkanes) is 2. The zero-order valence-corrected chi connectivity index (χ0v) is 10.5. The smallest absolute Gasteiger partial charge is 0.157 e. The third-order valence-electron chi connectivity index (χ3n) is 2.89. The van der Waals surface area contributed by atoms with Gasteiger partial charge in [0.05, 0.1) is 13.2 Å². The van der Waals surface area contributed by atoms with Gasteiger partial charge in [0.1, 0.15) is 0 Å². The van der Waals surface area contributed by atoms with E-state index in [0.717, 1.165) is 44.7 Å². The van der Waals surface area contributed by atoms with Crippen LogP contribution in [0.1, 0.15) is 39.5 Å². The fraction of sp³-hybridized carbons (Fsp3) is 0.769. The van der Waals surface area contributed by atoms with E-state index in [-0.39, 0.29) is 5.78 Å². The summed E-state index contributed by atoms with van der Waals surface area (Å²) in [7, 11) is 0. The van der Waals surface area contributed by atoms with E-state index in [0.29, 0.717) is 0 Å². The van der Waals surface area contributed by atoms with Crippen molar-refractivity contribution in [1.82, 2.24) is 4.90 Å². The lowest BCUT2D eigenvalue weighted by Crippen LogP contribution is -2.32. The van der Waals surface area contributed by atoms with Gasteiger partial charge in [-0.2, -0.15) is 0 Å². The molecule has 0 bridgehead atoms. The summed E-state index contributed by atoms with van der Waals surface area (Å²) in [4.78, 5) is 13.7. The van der Waals surface area contributed by atoms with Gasteiger partial charge >= 0.3 is 0 Å². The standard InChI is InChI=1S/C13H23NO2/c1-3-4-5-6-13(12(2)15)11-14-7-9-16-10-8-14/h11H,3-10H2,1-2H3. The quantitative estimate of drug-likeness (QED) is 0.513. The predicted octanol–water partition coefficient (Wildman–Crippen LogP) is 2.37. The number of rotatable bonds is 6. The summed E-state index contributed by atoms with van der Waals surface area (Å²) in [5, 5.41) is 0.